The second-order valence-corrected chi connectivity index (χ2v) is 7.48. The van der Waals surface area contributed by atoms with Crippen molar-refractivity contribution in [1.82, 2.24) is 9.55 Å². The second kappa shape index (κ2) is 8.84. The molecular formula is C21H23N3O3S. The quantitative estimate of drug-likeness (QED) is 0.591. The molecule has 0 aliphatic carbocycles. The van der Waals surface area contributed by atoms with Crippen LogP contribution in [0.2, 0.25) is 0 Å². The zero-order valence-electron chi connectivity index (χ0n) is 16.0. The number of esters is 1. The number of methoxy groups -OCH3 is 1. The van der Waals surface area contributed by atoms with Gasteiger partial charge in [-0.2, -0.15) is 0 Å². The lowest BCUT2D eigenvalue weighted by Gasteiger charge is -2.13. The standard InChI is InChI=1S/C21H23N3O3S/c1-14-19(21(22)26)20(15-5-3-10-23-13-15)17(7-8-18(25)27-2)24(14)11-9-16-6-4-12-28-16/h3-6,10,12-13H,7-9,11H2,1-2H3,(H2,22,26). The fourth-order valence-corrected chi connectivity index (χ4v) is 4.18. The van der Waals surface area contributed by atoms with Gasteiger partial charge in [0, 0.05) is 46.3 Å². The fraction of sp³-hybridized carbons (Fsp3) is 0.286. The molecule has 0 saturated heterocycles. The van der Waals surface area contributed by atoms with E-state index in [1.807, 2.05) is 30.5 Å². The molecule has 146 valence electrons. The third-order valence-electron chi connectivity index (χ3n) is 4.78. The zero-order chi connectivity index (χ0) is 20.1. The van der Waals surface area contributed by atoms with E-state index in [1.54, 1.807) is 23.7 Å². The number of aryl methyl sites for hydroxylation is 1. The van der Waals surface area contributed by atoms with Crippen molar-refractivity contribution in [2.75, 3.05) is 7.11 Å². The Morgan fingerprint density at radius 3 is 2.68 bits per heavy atom. The number of ether oxygens (including phenoxy) is 1. The molecule has 0 spiro atoms. The third kappa shape index (κ3) is 4.14. The van der Waals surface area contributed by atoms with Gasteiger partial charge in [-0.1, -0.05) is 12.1 Å². The molecule has 0 atom stereocenters. The van der Waals surface area contributed by atoms with Gasteiger partial charge in [-0.05, 0) is 37.3 Å². The molecule has 3 aromatic rings. The van der Waals surface area contributed by atoms with Gasteiger partial charge in [-0.3, -0.25) is 14.6 Å². The van der Waals surface area contributed by atoms with E-state index in [1.165, 1.54) is 12.0 Å². The minimum Gasteiger partial charge on any atom is -0.469 e. The highest BCUT2D eigenvalue weighted by atomic mass is 32.1. The lowest BCUT2D eigenvalue weighted by Crippen LogP contribution is -2.13. The summed E-state index contributed by atoms with van der Waals surface area (Å²) in [5.74, 6) is -0.771. The smallest absolute Gasteiger partial charge is 0.305 e. The van der Waals surface area contributed by atoms with Crippen LogP contribution in [0.5, 0.6) is 0 Å². The van der Waals surface area contributed by atoms with Crippen molar-refractivity contribution < 1.29 is 14.3 Å². The average molecular weight is 398 g/mol. The molecule has 0 aliphatic heterocycles. The number of aromatic nitrogens is 2. The SMILES string of the molecule is COC(=O)CCc1c(-c2cccnc2)c(C(N)=O)c(C)n1CCc1cccs1. The second-order valence-electron chi connectivity index (χ2n) is 6.45. The summed E-state index contributed by atoms with van der Waals surface area (Å²) in [7, 11) is 1.38. The van der Waals surface area contributed by atoms with Crippen LogP contribution in [-0.4, -0.2) is 28.5 Å². The van der Waals surface area contributed by atoms with Crippen molar-refractivity contribution in [3.8, 4) is 11.1 Å². The van der Waals surface area contributed by atoms with Crippen LogP contribution in [0.1, 0.15) is 33.0 Å². The van der Waals surface area contributed by atoms with Crippen LogP contribution in [0.4, 0.5) is 0 Å². The van der Waals surface area contributed by atoms with Gasteiger partial charge >= 0.3 is 5.97 Å². The van der Waals surface area contributed by atoms with Crippen LogP contribution in [0.15, 0.2) is 42.0 Å². The number of thiophene rings is 1. The molecule has 0 unspecified atom stereocenters. The number of amides is 1. The Bertz CT molecular complexity index is 963. The molecule has 6 nitrogen and oxygen atoms in total. The summed E-state index contributed by atoms with van der Waals surface area (Å²) in [5.41, 5.74) is 9.51. The van der Waals surface area contributed by atoms with E-state index in [9.17, 15) is 9.59 Å². The van der Waals surface area contributed by atoms with Crippen LogP contribution < -0.4 is 5.73 Å². The fourth-order valence-electron chi connectivity index (χ4n) is 3.48. The highest BCUT2D eigenvalue weighted by Gasteiger charge is 2.25. The minimum absolute atomic E-state index is 0.227. The molecule has 28 heavy (non-hydrogen) atoms. The van der Waals surface area contributed by atoms with Gasteiger partial charge in [0.15, 0.2) is 0 Å². The largest absolute Gasteiger partial charge is 0.469 e. The molecule has 3 rings (SSSR count). The van der Waals surface area contributed by atoms with Gasteiger partial charge in [0.05, 0.1) is 19.1 Å². The number of primary amides is 1. The topological polar surface area (TPSA) is 87.2 Å². The maximum absolute atomic E-state index is 12.3. The predicted molar refractivity (Wildman–Crippen MR) is 109 cm³/mol. The predicted octanol–water partition coefficient (Wildman–Crippen LogP) is 3.37. The van der Waals surface area contributed by atoms with E-state index in [2.05, 4.69) is 15.6 Å². The van der Waals surface area contributed by atoms with Crippen molar-refractivity contribution in [1.29, 1.82) is 0 Å². The number of carbonyl (C=O) groups is 2. The minimum atomic E-state index is -0.481. The lowest BCUT2D eigenvalue weighted by molar-refractivity contribution is -0.140. The first-order valence-corrected chi connectivity index (χ1v) is 9.92. The number of pyridine rings is 1. The molecule has 2 N–H and O–H groups in total. The van der Waals surface area contributed by atoms with Crippen molar-refractivity contribution in [2.45, 2.75) is 32.7 Å². The van der Waals surface area contributed by atoms with Crippen LogP contribution in [0.3, 0.4) is 0 Å². The van der Waals surface area contributed by atoms with Crippen LogP contribution in [0, 0.1) is 6.92 Å². The molecule has 7 heteroatoms. The zero-order valence-corrected chi connectivity index (χ0v) is 16.8. The molecular weight excluding hydrogens is 374 g/mol. The monoisotopic (exact) mass is 397 g/mol. The van der Waals surface area contributed by atoms with Crippen molar-refractivity contribution >= 4 is 23.2 Å². The molecule has 0 bridgehead atoms. The van der Waals surface area contributed by atoms with Crippen molar-refractivity contribution in [3.63, 3.8) is 0 Å². The van der Waals surface area contributed by atoms with Crippen molar-refractivity contribution in [3.05, 3.63) is 63.9 Å². The Kier molecular flexibility index (Phi) is 6.26. The number of nitrogens with zero attached hydrogens (tertiary/aromatic N) is 2. The van der Waals surface area contributed by atoms with E-state index in [0.29, 0.717) is 18.5 Å². The molecule has 3 heterocycles. The summed E-state index contributed by atoms with van der Waals surface area (Å²) in [6.45, 7) is 2.60. The van der Waals surface area contributed by atoms with E-state index < -0.39 is 5.91 Å². The first-order chi connectivity index (χ1) is 13.5. The van der Waals surface area contributed by atoms with E-state index >= 15 is 0 Å². The Morgan fingerprint density at radius 2 is 2.07 bits per heavy atom. The first kappa shape index (κ1) is 19.8. The maximum Gasteiger partial charge on any atom is 0.305 e. The van der Waals surface area contributed by atoms with Gasteiger partial charge < -0.3 is 15.0 Å². The molecule has 1 amide bonds. The van der Waals surface area contributed by atoms with Gasteiger partial charge in [0.2, 0.25) is 0 Å². The summed E-state index contributed by atoms with van der Waals surface area (Å²) >= 11 is 1.70. The van der Waals surface area contributed by atoms with Gasteiger partial charge in [-0.25, -0.2) is 0 Å². The summed E-state index contributed by atoms with van der Waals surface area (Å²) in [6.07, 6.45) is 4.91. The normalized spacial score (nSPS) is 10.8. The Morgan fingerprint density at radius 1 is 1.25 bits per heavy atom. The van der Waals surface area contributed by atoms with Crippen LogP contribution >= 0.6 is 11.3 Å². The highest BCUT2D eigenvalue weighted by Crippen LogP contribution is 2.33. The number of carbonyl (C=O) groups excluding carboxylic acids is 2. The Balaban J connectivity index is 2.10. The summed E-state index contributed by atoms with van der Waals surface area (Å²) in [6, 6.07) is 7.84. The average Bonchev–Trinajstić information content (AvgIpc) is 3.31. The van der Waals surface area contributed by atoms with Gasteiger partial charge in [0.1, 0.15) is 0 Å². The number of rotatable bonds is 8. The van der Waals surface area contributed by atoms with Crippen LogP contribution in [0.25, 0.3) is 11.1 Å². The van der Waals surface area contributed by atoms with Crippen LogP contribution in [-0.2, 0) is 28.9 Å². The van der Waals surface area contributed by atoms with E-state index in [0.717, 1.165) is 28.9 Å². The molecule has 0 fully saturated rings. The Labute approximate surface area is 168 Å². The summed E-state index contributed by atoms with van der Waals surface area (Å²) in [4.78, 5) is 29.5. The number of hydrogen-bond donors (Lipinski definition) is 1. The van der Waals surface area contributed by atoms with E-state index in [4.69, 9.17) is 10.5 Å². The summed E-state index contributed by atoms with van der Waals surface area (Å²) in [5, 5.41) is 2.05. The van der Waals surface area contributed by atoms with E-state index in [-0.39, 0.29) is 12.4 Å². The Hall–Kier alpha value is -2.93. The first-order valence-electron chi connectivity index (χ1n) is 9.04. The molecule has 0 saturated carbocycles. The maximum atomic E-state index is 12.3. The molecule has 0 aromatic carbocycles. The lowest BCUT2D eigenvalue weighted by atomic mass is 9.99. The molecule has 3 aromatic heterocycles. The van der Waals surface area contributed by atoms with Gasteiger partial charge in [-0.15, -0.1) is 11.3 Å². The molecule has 0 radical (unpaired) electrons. The number of hydrogen-bond acceptors (Lipinski definition) is 5. The van der Waals surface area contributed by atoms with Crippen molar-refractivity contribution in [2.24, 2.45) is 5.73 Å². The summed E-state index contributed by atoms with van der Waals surface area (Å²) < 4.78 is 6.91. The van der Waals surface area contributed by atoms with Gasteiger partial charge in [0.25, 0.3) is 5.91 Å². The molecule has 0 aliphatic rings. The number of nitrogens with two attached hydrogens (primary N) is 1. The third-order valence-corrected chi connectivity index (χ3v) is 5.72. The highest BCUT2D eigenvalue weighted by molar-refractivity contribution is 7.09.